The van der Waals surface area contributed by atoms with Crippen LogP contribution in [-0.4, -0.2) is 41.2 Å². The Morgan fingerprint density at radius 2 is 1.91 bits per heavy atom. The minimum Gasteiger partial charge on any atom is -0.466 e. The highest BCUT2D eigenvalue weighted by Crippen LogP contribution is 2.43. The van der Waals surface area contributed by atoms with E-state index < -0.39 is 29.3 Å². The number of aromatic amines is 1. The maximum Gasteiger partial charge on any atom is 0.330 e. The number of nitrogens with zero attached hydrogens (tertiary/aromatic N) is 1. The van der Waals surface area contributed by atoms with Gasteiger partial charge < -0.3 is 9.72 Å². The molecule has 2 heterocycles. The number of methoxy groups -OCH3 is 1. The third-order valence-corrected chi connectivity index (χ3v) is 6.06. The van der Waals surface area contributed by atoms with Gasteiger partial charge in [-0.15, -0.1) is 0 Å². The van der Waals surface area contributed by atoms with Crippen molar-refractivity contribution >= 4 is 22.9 Å². The van der Waals surface area contributed by atoms with E-state index in [0.717, 1.165) is 22.5 Å². The molecule has 1 aromatic heterocycles. The van der Waals surface area contributed by atoms with Crippen molar-refractivity contribution in [3.8, 4) is 0 Å². The van der Waals surface area contributed by atoms with E-state index in [9.17, 15) is 9.18 Å². The molecule has 33 heavy (non-hydrogen) atoms. The van der Waals surface area contributed by atoms with Crippen LogP contribution in [0, 0.1) is 11.6 Å². The summed E-state index contributed by atoms with van der Waals surface area (Å²) in [5, 5.41) is 1.00. The molecule has 1 aliphatic heterocycles. The maximum absolute atomic E-state index is 15.5. The van der Waals surface area contributed by atoms with Crippen molar-refractivity contribution in [2.24, 2.45) is 0 Å². The molecule has 1 N–H and O–H groups in total. The molecular weight excluding hydrogens is 429 g/mol. The summed E-state index contributed by atoms with van der Waals surface area (Å²) in [6.07, 6.45) is 3.03. The van der Waals surface area contributed by atoms with Crippen LogP contribution in [0.25, 0.3) is 17.0 Å². The Hall–Kier alpha value is -3.06. The van der Waals surface area contributed by atoms with Crippen molar-refractivity contribution in [3.63, 3.8) is 0 Å². The summed E-state index contributed by atoms with van der Waals surface area (Å²) in [5.41, 5.74) is 1.02. The molecule has 0 unspecified atom stereocenters. The van der Waals surface area contributed by atoms with Gasteiger partial charge in [0.25, 0.3) is 0 Å². The van der Waals surface area contributed by atoms with Gasteiger partial charge in [-0.25, -0.2) is 18.0 Å². The molecule has 174 valence electrons. The number of aromatic nitrogens is 1. The second-order valence-corrected chi connectivity index (χ2v) is 9.16. The zero-order chi connectivity index (χ0) is 23.9. The molecule has 2 aromatic carbocycles. The van der Waals surface area contributed by atoms with E-state index in [1.807, 2.05) is 36.1 Å². The van der Waals surface area contributed by atoms with Crippen LogP contribution in [0.1, 0.15) is 49.2 Å². The second-order valence-electron chi connectivity index (χ2n) is 9.16. The molecule has 0 fully saturated rings. The average molecular weight is 457 g/mol. The summed E-state index contributed by atoms with van der Waals surface area (Å²) in [5.74, 6) is -2.14. The molecule has 0 radical (unpaired) electrons. The topological polar surface area (TPSA) is 45.3 Å². The zero-order valence-electron chi connectivity index (χ0n) is 19.1. The van der Waals surface area contributed by atoms with E-state index in [1.165, 1.54) is 39.2 Å². The number of hydrogen-bond acceptors (Lipinski definition) is 3. The Balaban J connectivity index is 1.89. The maximum atomic E-state index is 15.5. The number of H-pyrrole nitrogens is 1. The van der Waals surface area contributed by atoms with Crippen molar-refractivity contribution in [1.82, 2.24) is 9.88 Å². The number of fused-ring (bicyclic) bond motifs is 3. The molecule has 0 saturated heterocycles. The minimum atomic E-state index is -1.56. The van der Waals surface area contributed by atoms with Crippen molar-refractivity contribution in [2.75, 3.05) is 13.7 Å². The monoisotopic (exact) mass is 456 g/mol. The lowest BCUT2D eigenvalue weighted by Crippen LogP contribution is -2.48. The molecule has 0 saturated carbocycles. The van der Waals surface area contributed by atoms with Gasteiger partial charge in [-0.05, 0) is 62.6 Å². The molecule has 1 aliphatic rings. The zero-order valence-corrected chi connectivity index (χ0v) is 19.1. The Morgan fingerprint density at radius 1 is 1.24 bits per heavy atom. The van der Waals surface area contributed by atoms with Gasteiger partial charge in [-0.1, -0.05) is 18.2 Å². The lowest BCUT2D eigenvalue weighted by atomic mass is 9.87. The van der Waals surface area contributed by atoms with Crippen LogP contribution >= 0.6 is 0 Å². The minimum absolute atomic E-state index is 0.0104. The third-order valence-electron chi connectivity index (χ3n) is 6.06. The fraction of sp³-hybridized carbons (Fsp3) is 0.346. The van der Waals surface area contributed by atoms with Gasteiger partial charge in [-0.3, -0.25) is 4.90 Å². The lowest BCUT2D eigenvalue weighted by Gasteiger charge is -2.43. The van der Waals surface area contributed by atoms with Crippen molar-refractivity contribution in [1.29, 1.82) is 0 Å². The molecule has 7 heteroatoms. The van der Waals surface area contributed by atoms with Crippen LogP contribution in [0.5, 0.6) is 0 Å². The van der Waals surface area contributed by atoms with E-state index >= 15 is 8.78 Å². The number of ether oxygens (including phenoxy) is 1. The highest BCUT2D eigenvalue weighted by atomic mass is 19.1. The van der Waals surface area contributed by atoms with Crippen LogP contribution in [0.2, 0.25) is 0 Å². The third kappa shape index (κ3) is 4.55. The van der Waals surface area contributed by atoms with Gasteiger partial charge in [0.15, 0.2) is 0 Å². The summed E-state index contributed by atoms with van der Waals surface area (Å²) in [6, 6.07) is 9.12. The molecular formula is C26H27F3N2O2. The van der Waals surface area contributed by atoms with Crippen molar-refractivity contribution in [2.45, 2.75) is 44.9 Å². The Labute approximate surface area is 191 Å². The number of esters is 1. The summed E-state index contributed by atoms with van der Waals surface area (Å²) >= 11 is 0. The molecule has 3 aromatic rings. The molecule has 4 rings (SSSR count). The van der Waals surface area contributed by atoms with Crippen LogP contribution in [0.4, 0.5) is 13.2 Å². The quantitative estimate of drug-likeness (QED) is 0.395. The summed E-state index contributed by atoms with van der Waals surface area (Å²) in [7, 11) is 1.22. The van der Waals surface area contributed by atoms with Gasteiger partial charge in [0.2, 0.25) is 0 Å². The molecule has 0 spiro atoms. The molecule has 4 nitrogen and oxygen atoms in total. The number of halogens is 3. The van der Waals surface area contributed by atoms with Crippen molar-refractivity contribution < 1.29 is 22.7 Å². The Kier molecular flexibility index (Phi) is 6.10. The largest absolute Gasteiger partial charge is 0.466 e. The number of benzene rings is 2. The van der Waals surface area contributed by atoms with Crippen molar-refractivity contribution in [3.05, 3.63) is 76.5 Å². The van der Waals surface area contributed by atoms with E-state index in [2.05, 4.69) is 9.72 Å². The highest BCUT2D eigenvalue weighted by molar-refractivity contribution is 5.87. The number of alkyl halides is 1. The first-order valence-corrected chi connectivity index (χ1v) is 10.9. The standard InChI is InChI=1S/C26H27F3N2O2/c1-15-11-18-17-7-5-6-8-21(17)30-24(18)25(31(15)14-26(2,3)29)23-19(27)12-16(13-20(23)28)9-10-22(32)33-4/h5-10,12-13,15,25,30H,11,14H2,1-4H3/b10-9+/t15-,25-/m1/s1. The lowest BCUT2D eigenvalue weighted by molar-refractivity contribution is -0.134. The molecule has 0 amide bonds. The number of hydrogen-bond donors (Lipinski definition) is 1. The summed E-state index contributed by atoms with van der Waals surface area (Å²) < 4.78 is 50.3. The van der Waals surface area contributed by atoms with Gasteiger partial charge >= 0.3 is 5.97 Å². The van der Waals surface area contributed by atoms with E-state index in [4.69, 9.17) is 0 Å². The predicted octanol–water partition coefficient (Wildman–Crippen LogP) is 5.72. The highest BCUT2D eigenvalue weighted by Gasteiger charge is 2.40. The average Bonchev–Trinajstić information content (AvgIpc) is 3.10. The number of para-hydroxylation sites is 1. The fourth-order valence-corrected chi connectivity index (χ4v) is 4.69. The van der Waals surface area contributed by atoms with E-state index in [1.54, 1.807) is 0 Å². The SMILES string of the molecule is COC(=O)/C=C/c1cc(F)c([C@@H]2c3[nH]c4ccccc4c3C[C@@H](C)N2CC(C)(C)F)c(F)c1. The second kappa shape index (κ2) is 8.71. The van der Waals surface area contributed by atoms with Crippen LogP contribution in [-0.2, 0) is 16.0 Å². The van der Waals surface area contributed by atoms with Crippen LogP contribution < -0.4 is 0 Å². The normalized spacial score (nSPS) is 19.2. The van der Waals surface area contributed by atoms with E-state index in [-0.39, 0.29) is 23.7 Å². The van der Waals surface area contributed by atoms with E-state index in [0.29, 0.717) is 12.1 Å². The molecule has 0 aliphatic carbocycles. The first-order valence-electron chi connectivity index (χ1n) is 10.9. The van der Waals surface area contributed by atoms with Crippen LogP contribution in [0.15, 0.2) is 42.5 Å². The van der Waals surface area contributed by atoms with Gasteiger partial charge in [-0.2, -0.15) is 0 Å². The number of nitrogens with one attached hydrogen (secondary N) is 1. The first kappa shape index (κ1) is 23.1. The molecule has 0 bridgehead atoms. The fourth-order valence-electron chi connectivity index (χ4n) is 4.69. The Bertz CT molecular complexity index is 1200. The van der Waals surface area contributed by atoms with Gasteiger partial charge in [0.05, 0.1) is 13.2 Å². The number of carbonyl (C=O) groups excluding carboxylic acids is 1. The van der Waals surface area contributed by atoms with Crippen LogP contribution in [0.3, 0.4) is 0 Å². The summed E-state index contributed by atoms with van der Waals surface area (Å²) in [4.78, 5) is 16.5. The smallest absolute Gasteiger partial charge is 0.330 e. The molecule has 2 atom stereocenters. The van der Waals surface area contributed by atoms with Gasteiger partial charge in [0.1, 0.15) is 17.3 Å². The number of rotatable bonds is 5. The van der Waals surface area contributed by atoms with Gasteiger partial charge in [0, 0.05) is 40.8 Å². The first-order chi connectivity index (χ1) is 15.6. The number of carbonyl (C=O) groups is 1. The Morgan fingerprint density at radius 3 is 2.55 bits per heavy atom. The summed E-state index contributed by atoms with van der Waals surface area (Å²) in [6.45, 7) is 4.89. The predicted molar refractivity (Wildman–Crippen MR) is 123 cm³/mol.